The molecule has 0 N–H and O–H groups in total. The molecular weight excluding hydrogens is 435 g/mol. The molecule has 0 radical (unpaired) electrons. The van der Waals surface area contributed by atoms with Crippen LogP contribution in [-0.2, 0) is 19.4 Å². The Hall–Kier alpha value is -3.39. The van der Waals surface area contributed by atoms with E-state index in [0.717, 1.165) is 67.3 Å². The van der Waals surface area contributed by atoms with Crippen molar-refractivity contribution < 1.29 is 18.7 Å². The molecule has 2 aromatic carbocycles. The molecule has 1 amide bonds. The zero-order valence-corrected chi connectivity index (χ0v) is 19.0. The summed E-state index contributed by atoms with van der Waals surface area (Å²) in [6.45, 7) is 4.93. The van der Waals surface area contributed by atoms with Gasteiger partial charge in [0.2, 0.25) is 0 Å². The monoisotopic (exact) mass is 462 g/mol. The standard InChI is InChI=1S/C26H27FN4O3/c27-19-5-7-20(8-6-19)31-22-3-1-2-21(22)25(28-31)26(32)30-12-10-29(11-13-30)17-18-4-9-23-24(16-18)34-15-14-33-23/h4-9,16H,1-3,10-15,17H2. The summed E-state index contributed by atoms with van der Waals surface area (Å²) in [7, 11) is 0. The van der Waals surface area contributed by atoms with E-state index in [2.05, 4.69) is 17.0 Å². The normalized spacial score (nSPS) is 17.6. The van der Waals surface area contributed by atoms with Crippen LogP contribution in [0.3, 0.4) is 0 Å². The van der Waals surface area contributed by atoms with Crippen LogP contribution < -0.4 is 9.47 Å². The fraction of sp³-hybridized carbons (Fsp3) is 0.385. The minimum absolute atomic E-state index is 0.00186. The molecule has 1 aromatic heterocycles. The van der Waals surface area contributed by atoms with Gasteiger partial charge in [0.1, 0.15) is 19.0 Å². The molecule has 3 aromatic rings. The van der Waals surface area contributed by atoms with Crippen LogP contribution in [0, 0.1) is 5.82 Å². The zero-order chi connectivity index (χ0) is 23.1. The Morgan fingerprint density at radius 1 is 0.941 bits per heavy atom. The van der Waals surface area contributed by atoms with Crippen molar-refractivity contribution >= 4 is 5.91 Å². The Morgan fingerprint density at radius 2 is 1.71 bits per heavy atom. The summed E-state index contributed by atoms with van der Waals surface area (Å²) in [6.07, 6.45) is 2.76. The van der Waals surface area contributed by atoms with Gasteiger partial charge >= 0.3 is 0 Å². The van der Waals surface area contributed by atoms with E-state index >= 15 is 0 Å². The first-order valence-electron chi connectivity index (χ1n) is 11.9. The summed E-state index contributed by atoms with van der Waals surface area (Å²) in [5, 5.41) is 4.70. The van der Waals surface area contributed by atoms with Gasteiger partial charge in [0, 0.05) is 44.0 Å². The molecule has 34 heavy (non-hydrogen) atoms. The summed E-state index contributed by atoms with van der Waals surface area (Å²) in [4.78, 5) is 17.7. The summed E-state index contributed by atoms with van der Waals surface area (Å²) >= 11 is 0. The van der Waals surface area contributed by atoms with Crippen molar-refractivity contribution in [3.63, 3.8) is 0 Å². The molecule has 2 aliphatic heterocycles. The smallest absolute Gasteiger partial charge is 0.274 e. The molecule has 8 heteroatoms. The molecular formula is C26H27FN4O3. The number of ether oxygens (including phenoxy) is 2. The number of amides is 1. The number of aromatic nitrogens is 2. The van der Waals surface area contributed by atoms with E-state index in [1.165, 1.54) is 17.7 Å². The number of rotatable bonds is 4. The second kappa shape index (κ2) is 8.76. The Morgan fingerprint density at radius 3 is 2.50 bits per heavy atom. The molecule has 3 aliphatic rings. The maximum Gasteiger partial charge on any atom is 0.274 e. The van der Waals surface area contributed by atoms with E-state index in [9.17, 15) is 9.18 Å². The first-order chi connectivity index (χ1) is 16.7. The first-order valence-corrected chi connectivity index (χ1v) is 11.9. The van der Waals surface area contributed by atoms with Crippen LogP contribution >= 0.6 is 0 Å². The lowest BCUT2D eigenvalue weighted by Crippen LogP contribution is -2.48. The molecule has 1 fully saturated rings. The fourth-order valence-electron chi connectivity index (χ4n) is 5.11. The Labute approximate surface area is 197 Å². The average molecular weight is 463 g/mol. The molecule has 1 saturated heterocycles. The summed E-state index contributed by atoms with van der Waals surface area (Å²) < 4.78 is 26.5. The number of hydrogen-bond donors (Lipinski definition) is 0. The number of fused-ring (bicyclic) bond motifs is 2. The lowest BCUT2D eigenvalue weighted by atomic mass is 10.1. The molecule has 0 spiro atoms. The highest BCUT2D eigenvalue weighted by Gasteiger charge is 2.31. The van der Waals surface area contributed by atoms with E-state index in [-0.39, 0.29) is 11.7 Å². The Balaban J connectivity index is 1.13. The molecule has 6 rings (SSSR count). The quantitative estimate of drug-likeness (QED) is 0.596. The van der Waals surface area contributed by atoms with Crippen molar-refractivity contribution in [3.8, 4) is 17.2 Å². The van der Waals surface area contributed by atoms with Gasteiger partial charge in [-0.2, -0.15) is 5.10 Å². The van der Waals surface area contributed by atoms with E-state index < -0.39 is 0 Å². The predicted octanol–water partition coefficient (Wildman–Crippen LogP) is 3.23. The van der Waals surface area contributed by atoms with E-state index in [4.69, 9.17) is 14.6 Å². The van der Waals surface area contributed by atoms with Gasteiger partial charge in [-0.25, -0.2) is 9.07 Å². The van der Waals surface area contributed by atoms with Crippen molar-refractivity contribution in [2.75, 3.05) is 39.4 Å². The number of benzene rings is 2. The number of carbonyl (C=O) groups excluding carboxylic acids is 1. The van der Waals surface area contributed by atoms with Crippen molar-refractivity contribution in [2.45, 2.75) is 25.8 Å². The molecule has 7 nitrogen and oxygen atoms in total. The largest absolute Gasteiger partial charge is 0.486 e. The van der Waals surface area contributed by atoms with E-state index in [1.807, 2.05) is 15.6 Å². The number of halogens is 1. The van der Waals surface area contributed by atoms with Crippen LogP contribution in [0.1, 0.15) is 33.7 Å². The van der Waals surface area contributed by atoms with Crippen molar-refractivity contribution in [2.24, 2.45) is 0 Å². The molecule has 0 bridgehead atoms. The molecule has 0 unspecified atom stereocenters. The highest BCUT2D eigenvalue weighted by atomic mass is 19.1. The molecule has 3 heterocycles. The summed E-state index contributed by atoms with van der Waals surface area (Å²) in [6, 6.07) is 12.4. The highest BCUT2D eigenvalue weighted by molar-refractivity contribution is 5.94. The lowest BCUT2D eigenvalue weighted by Gasteiger charge is -2.34. The van der Waals surface area contributed by atoms with Gasteiger partial charge in [-0.1, -0.05) is 6.07 Å². The van der Waals surface area contributed by atoms with Crippen LogP contribution in [0.5, 0.6) is 11.5 Å². The van der Waals surface area contributed by atoms with Crippen molar-refractivity contribution in [3.05, 3.63) is 70.8 Å². The van der Waals surface area contributed by atoms with E-state index in [1.54, 1.807) is 12.1 Å². The topological polar surface area (TPSA) is 59.8 Å². The fourth-order valence-corrected chi connectivity index (χ4v) is 5.11. The average Bonchev–Trinajstić information content (AvgIpc) is 3.48. The Bertz CT molecular complexity index is 1220. The maximum absolute atomic E-state index is 13.4. The van der Waals surface area contributed by atoms with Crippen molar-refractivity contribution in [1.29, 1.82) is 0 Å². The number of hydrogen-bond acceptors (Lipinski definition) is 5. The molecule has 0 saturated carbocycles. The van der Waals surface area contributed by atoms with Crippen molar-refractivity contribution in [1.82, 2.24) is 19.6 Å². The van der Waals surface area contributed by atoms with Gasteiger partial charge in [0.05, 0.1) is 5.69 Å². The molecule has 176 valence electrons. The number of carbonyl (C=O) groups is 1. The number of piperazine rings is 1. The van der Waals surface area contributed by atoms with Crippen LogP contribution in [0.2, 0.25) is 0 Å². The highest BCUT2D eigenvalue weighted by Crippen LogP contribution is 2.32. The van der Waals surface area contributed by atoms with Crippen LogP contribution in [0.4, 0.5) is 4.39 Å². The van der Waals surface area contributed by atoms with Crippen LogP contribution in [0.15, 0.2) is 42.5 Å². The van der Waals surface area contributed by atoms with Gasteiger partial charge in [-0.3, -0.25) is 9.69 Å². The van der Waals surface area contributed by atoms with Gasteiger partial charge < -0.3 is 14.4 Å². The van der Waals surface area contributed by atoms with E-state index in [0.29, 0.717) is 32.0 Å². The van der Waals surface area contributed by atoms with Crippen LogP contribution in [-0.4, -0.2) is 64.9 Å². The Kier molecular flexibility index (Phi) is 5.45. The van der Waals surface area contributed by atoms with Gasteiger partial charge in [0.25, 0.3) is 5.91 Å². The third kappa shape index (κ3) is 3.92. The predicted molar refractivity (Wildman–Crippen MR) is 124 cm³/mol. The maximum atomic E-state index is 13.4. The van der Waals surface area contributed by atoms with Gasteiger partial charge in [-0.05, 0) is 61.2 Å². The summed E-state index contributed by atoms with van der Waals surface area (Å²) in [5.74, 6) is 1.33. The zero-order valence-electron chi connectivity index (χ0n) is 19.0. The second-order valence-electron chi connectivity index (χ2n) is 9.06. The number of nitrogens with zero attached hydrogens (tertiary/aromatic N) is 4. The SMILES string of the molecule is O=C(c1nn(-c2ccc(F)cc2)c2c1CCC2)N1CCN(Cc2ccc3c(c2)OCCO3)CC1. The van der Waals surface area contributed by atoms with Crippen LogP contribution in [0.25, 0.3) is 5.69 Å². The minimum Gasteiger partial charge on any atom is -0.486 e. The third-order valence-corrected chi connectivity index (χ3v) is 6.88. The lowest BCUT2D eigenvalue weighted by molar-refractivity contribution is 0.0621. The third-order valence-electron chi connectivity index (χ3n) is 6.88. The van der Waals surface area contributed by atoms with Gasteiger partial charge in [-0.15, -0.1) is 0 Å². The first kappa shape index (κ1) is 21.2. The molecule has 1 aliphatic carbocycles. The minimum atomic E-state index is -0.280. The summed E-state index contributed by atoms with van der Waals surface area (Å²) in [5.41, 5.74) is 4.65. The second-order valence-corrected chi connectivity index (χ2v) is 9.06. The molecule has 0 atom stereocenters. The van der Waals surface area contributed by atoms with Gasteiger partial charge in [0.15, 0.2) is 17.2 Å².